The Kier molecular flexibility index (Phi) is 5.64. The Labute approximate surface area is 69.2 Å². The second kappa shape index (κ2) is 6.03. The Balaban J connectivity index is 3.27. The highest BCUT2D eigenvalue weighted by molar-refractivity contribution is 8.00. The summed E-state index contributed by atoms with van der Waals surface area (Å²) in [7, 11) is 2.61. The third-order valence-electron chi connectivity index (χ3n) is 0.895. The van der Waals surface area contributed by atoms with Gasteiger partial charge < -0.3 is 9.47 Å². The van der Waals surface area contributed by atoms with Crippen LogP contribution in [0.15, 0.2) is 0 Å². The number of carbonyl (C=O) groups is 2. The van der Waals surface area contributed by atoms with Crippen molar-refractivity contribution in [2.75, 3.05) is 25.7 Å². The van der Waals surface area contributed by atoms with Gasteiger partial charge in [0.15, 0.2) is 0 Å². The topological polar surface area (TPSA) is 52.6 Å². The van der Waals surface area contributed by atoms with Gasteiger partial charge in [-0.1, -0.05) is 0 Å². The van der Waals surface area contributed by atoms with Crippen LogP contribution in [0.4, 0.5) is 0 Å². The monoisotopic (exact) mass is 178 g/mol. The molecule has 4 nitrogen and oxygen atoms in total. The van der Waals surface area contributed by atoms with Crippen molar-refractivity contribution in [1.82, 2.24) is 0 Å². The van der Waals surface area contributed by atoms with E-state index in [0.717, 1.165) is 0 Å². The third kappa shape index (κ3) is 5.72. The Morgan fingerprint density at radius 1 is 1.09 bits per heavy atom. The summed E-state index contributed by atoms with van der Waals surface area (Å²) < 4.78 is 8.71. The maximum Gasteiger partial charge on any atom is 0.315 e. The summed E-state index contributed by atoms with van der Waals surface area (Å²) in [6.07, 6.45) is 0. The highest BCUT2D eigenvalue weighted by Gasteiger charge is 2.03. The first-order valence-electron chi connectivity index (χ1n) is 2.92. The lowest BCUT2D eigenvalue weighted by atomic mass is 10.8. The predicted molar refractivity (Wildman–Crippen MR) is 41.4 cm³/mol. The summed E-state index contributed by atoms with van der Waals surface area (Å²) in [5, 5.41) is 0. The van der Waals surface area contributed by atoms with Crippen LogP contribution in [-0.2, 0) is 19.1 Å². The van der Waals surface area contributed by atoms with Crippen molar-refractivity contribution in [3.63, 3.8) is 0 Å². The van der Waals surface area contributed by atoms with Crippen LogP contribution in [0.2, 0.25) is 0 Å². The van der Waals surface area contributed by atoms with Gasteiger partial charge in [0.1, 0.15) is 0 Å². The van der Waals surface area contributed by atoms with Crippen molar-refractivity contribution < 1.29 is 19.1 Å². The van der Waals surface area contributed by atoms with Crippen molar-refractivity contribution in [3.05, 3.63) is 0 Å². The van der Waals surface area contributed by atoms with Gasteiger partial charge in [0.2, 0.25) is 0 Å². The molecule has 0 amide bonds. The van der Waals surface area contributed by atoms with Crippen LogP contribution in [0.25, 0.3) is 0 Å². The molecule has 0 radical (unpaired) electrons. The molecule has 0 fully saturated rings. The largest absolute Gasteiger partial charge is 0.468 e. The van der Waals surface area contributed by atoms with E-state index in [1.165, 1.54) is 26.0 Å². The van der Waals surface area contributed by atoms with Crippen molar-refractivity contribution in [2.45, 2.75) is 0 Å². The fourth-order valence-electron chi connectivity index (χ4n) is 0.336. The number of hydrogen-bond acceptors (Lipinski definition) is 5. The van der Waals surface area contributed by atoms with Crippen LogP contribution < -0.4 is 0 Å². The van der Waals surface area contributed by atoms with Crippen LogP contribution in [0, 0.1) is 0 Å². The van der Waals surface area contributed by atoms with E-state index < -0.39 is 0 Å². The molecule has 0 N–H and O–H groups in total. The minimum atomic E-state index is -0.334. The number of hydrogen-bond donors (Lipinski definition) is 0. The van der Waals surface area contributed by atoms with E-state index in [2.05, 4.69) is 9.47 Å². The lowest BCUT2D eigenvalue weighted by Gasteiger charge is -1.97. The summed E-state index contributed by atoms with van der Waals surface area (Å²) in [5.41, 5.74) is 0. The van der Waals surface area contributed by atoms with Gasteiger partial charge in [0, 0.05) is 0 Å². The molecule has 0 atom stereocenters. The summed E-state index contributed by atoms with van der Waals surface area (Å²) >= 11 is 1.17. The molecule has 0 bridgehead atoms. The van der Waals surface area contributed by atoms with Gasteiger partial charge >= 0.3 is 11.9 Å². The Morgan fingerprint density at radius 2 is 1.45 bits per heavy atom. The fraction of sp³-hybridized carbons (Fsp3) is 0.667. The average molecular weight is 178 g/mol. The lowest BCUT2D eigenvalue weighted by molar-refractivity contribution is -0.137. The van der Waals surface area contributed by atoms with Crippen molar-refractivity contribution in [1.29, 1.82) is 0 Å². The third-order valence-corrected chi connectivity index (χ3v) is 1.77. The maximum absolute atomic E-state index is 10.5. The fourth-order valence-corrected chi connectivity index (χ4v) is 1.01. The van der Waals surface area contributed by atoms with Gasteiger partial charge in [-0.05, 0) is 0 Å². The molecule has 0 aromatic rings. The molecule has 0 aliphatic rings. The molecular weight excluding hydrogens is 168 g/mol. The first kappa shape index (κ1) is 10.3. The number of methoxy groups -OCH3 is 2. The van der Waals surface area contributed by atoms with E-state index in [-0.39, 0.29) is 23.4 Å². The van der Waals surface area contributed by atoms with Crippen molar-refractivity contribution in [3.8, 4) is 0 Å². The van der Waals surface area contributed by atoms with E-state index in [9.17, 15) is 9.59 Å². The smallest absolute Gasteiger partial charge is 0.315 e. The summed E-state index contributed by atoms with van der Waals surface area (Å²) in [5.74, 6) is -0.296. The Morgan fingerprint density at radius 3 is 1.73 bits per heavy atom. The van der Waals surface area contributed by atoms with Gasteiger partial charge in [-0.15, -0.1) is 11.8 Å². The molecule has 0 heterocycles. The second-order valence-corrected chi connectivity index (χ2v) is 2.63. The maximum atomic E-state index is 10.5. The van der Waals surface area contributed by atoms with Gasteiger partial charge in [-0.3, -0.25) is 9.59 Å². The summed E-state index contributed by atoms with van der Waals surface area (Å²) in [6, 6.07) is 0. The van der Waals surface area contributed by atoms with E-state index in [4.69, 9.17) is 0 Å². The average Bonchev–Trinajstić information content (AvgIpc) is 2.04. The zero-order valence-electron chi connectivity index (χ0n) is 6.46. The van der Waals surface area contributed by atoms with Crippen LogP contribution in [0.1, 0.15) is 0 Å². The highest BCUT2D eigenvalue weighted by atomic mass is 32.2. The van der Waals surface area contributed by atoms with Gasteiger partial charge in [-0.2, -0.15) is 0 Å². The predicted octanol–water partition coefficient (Wildman–Crippen LogP) is 0.0656. The zero-order valence-corrected chi connectivity index (χ0v) is 7.27. The molecule has 64 valence electrons. The number of rotatable bonds is 4. The molecule has 0 spiro atoms. The molecule has 5 heteroatoms. The highest BCUT2D eigenvalue weighted by Crippen LogP contribution is 2.00. The number of thioether (sulfide) groups is 1. The molecule has 0 saturated heterocycles. The standard InChI is InChI=1S/C6H10O4S/c1-9-5(7)3-11-4-6(8)10-2/h3-4H2,1-2H3. The minimum absolute atomic E-state index is 0.186. The lowest BCUT2D eigenvalue weighted by Crippen LogP contribution is -2.08. The van der Waals surface area contributed by atoms with Crippen molar-refractivity contribution >= 4 is 23.7 Å². The molecule has 11 heavy (non-hydrogen) atoms. The van der Waals surface area contributed by atoms with Gasteiger partial charge in [0.25, 0.3) is 0 Å². The number of ether oxygens (including phenoxy) is 2. The molecule has 0 aromatic heterocycles. The minimum Gasteiger partial charge on any atom is -0.468 e. The van der Waals surface area contributed by atoms with Crippen LogP contribution in [-0.4, -0.2) is 37.7 Å². The molecule has 0 rings (SSSR count). The number of carbonyl (C=O) groups excluding carboxylic acids is 2. The Hall–Kier alpha value is -0.710. The SMILES string of the molecule is COC(=O)CSCC(=O)OC. The van der Waals surface area contributed by atoms with E-state index in [0.29, 0.717) is 0 Å². The van der Waals surface area contributed by atoms with E-state index in [1.807, 2.05) is 0 Å². The van der Waals surface area contributed by atoms with Gasteiger partial charge in [0.05, 0.1) is 25.7 Å². The normalized spacial score (nSPS) is 8.91. The van der Waals surface area contributed by atoms with Crippen LogP contribution in [0.5, 0.6) is 0 Å². The first-order valence-corrected chi connectivity index (χ1v) is 4.07. The summed E-state index contributed by atoms with van der Waals surface area (Å²) in [6.45, 7) is 0. The number of esters is 2. The van der Waals surface area contributed by atoms with E-state index in [1.54, 1.807) is 0 Å². The molecule has 0 aromatic carbocycles. The zero-order chi connectivity index (χ0) is 8.69. The van der Waals surface area contributed by atoms with E-state index >= 15 is 0 Å². The van der Waals surface area contributed by atoms with Crippen LogP contribution in [0.3, 0.4) is 0 Å². The van der Waals surface area contributed by atoms with Crippen molar-refractivity contribution in [2.24, 2.45) is 0 Å². The van der Waals surface area contributed by atoms with Gasteiger partial charge in [-0.25, -0.2) is 0 Å². The Bertz CT molecular complexity index is 130. The molecular formula is C6H10O4S. The first-order chi connectivity index (χ1) is 5.20. The molecule has 0 saturated carbocycles. The molecule has 0 aliphatic carbocycles. The molecule has 0 unspecified atom stereocenters. The summed E-state index contributed by atoms with van der Waals surface area (Å²) in [4.78, 5) is 21.0. The second-order valence-electron chi connectivity index (χ2n) is 1.65. The van der Waals surface area contributed by atoms with Crippen LogP contribution >= 0.6 is 11.8 Å². The molecule has 0 aliphatic heterocycles. The quantitative estimate of drug-likeness (QED) is 0.570.